The zero-order chi connectivity index (χ0) is 12.2. The van der Waals surface area contributed by atoms with Crippen molar-refractivity contribution in [3.05, 3.63) is 60.2 Å². The average molecular weight is 237 g/mol. The Morgan fingerprint density at radius 1 is 0.944 bits per heavy atom. The van der Waals surface area contributed by atoms with Crippen molar-refractivity contribution in [3.8, 4) is 11.1 Å². The zero-order valence-electron chi connectivity index (χ0n) is 10.1. The highest BCUT2D eigenvalue weighted by Crippen LogP contribution is 2.19. The van der Waals surface area contributed by atoms with E-state index in [4.69, 9.17) is 0 Å². The lowest BCUT2D eigenvalue weighted by atomic mass is 10.0. The van der Waals surface area contributed by atoms with Crippen LogP contribution in [0.4, 0.5) is 0 Å². The van der Waals surface area contributed by atoms with Crippen molar-refractivity contribution < 1.29 is 0 Å². The van der Waals surface area contributed by atoms with E-state index < -0.39 is 0 Å². The summed E-state index contributed by atoms with van der Waals surface area (Å²) in [4.78, 5) is 4.12. The van der Waals surface area contributed by atoms with E-state index in [0.717, 1.165) is 6.54 Å². The van der Waals surface area contributed by atoms with Gasteiger partial charge in [0.25, 0.3) is 0 Å². The number of aliphatic imine (C=N–C) groups is 1. The molecule has 90 valence electrons. The number of hydrogen-bond donors (Lipinski definition) is 1. The smallest absolute Gasteiger partial charge is 0.107 e. The minimum absolute atomic E-state index is 0.683. The van der Waals surface area contributed by atoms with Crippen LogP contribution in [-0.2, 0) is 6.54 Å². The molecule has 0 amide bonds. The van der Waals surface area contributed by atoms with Gasteiger partial charge in [0, 0.05) is 0 Å². The summed E-state index contributed by atoms with van der Waals surface area (Å²) in [5.74, 6) is 0. The Labute approximate surface area is 107 Å². The summed E-state index contributed by atoms with van der Waals surface area (Å²) in [6, 6.07) is 19.1. The second kappa shape index (κ2) is 5.02. The molecule has 3 rings (SSSR count). The lowest BCUT2D eigenvalue weighted by Gasteiger charge is -2.14. The van der Waals surface area contributed by atoms with Crippen LogP contribution in [-0.4, -0.2) is 18.0 Å². The highest BCUT2D eigenvalue weighted by Gasteiger charge is 2.05. The SMILES string of the molecule is C1=NCNN1Cc1ccc(-c2ccccc2)cc1. The Morgan fingerprint density at radius 2 is 1.67 bits per heavy atom. The van der Waals surface area contributed by atoms with Gasteiger partial charge in [-0.15, -0.1) is 0 Å². The summed E-state index contributed by atoms with van der Waals surface area (Å²) in [5, 5.41) is 2.00. The summed E-state index contributed by atoms with van der Waals surface area (Å²) >= 11 is 0. The molecule has 0 aromatic heterocycles. The predicted octanol–water partition coefficient (Wildman–Crippen LogP) is 2.66. The van der Waals surface area contributed by atoms with E-state index in [2.05, 4.69) is 58.9 Å². The van der Waals surface area contributed by atoms with Crippen LogP contribution in [0.15, 0.2) is 59.6 Å². The Balaban J connectivity index is 1.75. The quantitative estimate of drug-likeness (QED) is 0.888. The fourth-order valence-electron chi connectivity index (χ4n) is 2.04. The van der Waals surface area contributed by atoms with Gasteiger partial charge in [0.2, 0.25) is 0 Å². The van der Waals surface area contributed by atoms with Crippen LogP contribution in [0.1, 0.15) is 5.56 Å². The van der Waals surface area contributed by atoms with Crippen LogP contribution < -0.4 is 5.43 Å². The van der Waals surface area contributed by atoms with Crippen LogP contribution in [0.2, 0.25) is 0 Å². The molecule has 0 saturated carbocycles. The molecule has 0 saturated heterocycles. The molecule has 0 spiro atoms. The molecule has 0 radical (unpaired) electrons. The summed E-state index contributed by atoms with van der Waals surface area (Å²) in [7, 11) is 0. The molecule has 18 heavy (non-hydrogen) atoms. The van der Waals surface area contributed by atoms with Crippen LogP contribution in [0.3, 0.4) is 0 Å². The first-order valence-corrected chi connectivity index (χ1v) is 6.06. The van der Waals surface area contributed by atoms with Gasteiger partial charge in [0.1, 0.15) is 13.0 Å². The minimum atomic E-state index is 0.683. The molecule has 2 aromatic carbocycles. The molecule has 2 aromatic rings. The second-order valence-electron chi connectivity index (χ2n) is 4.31. The van der Waals surface area contributed by atoms with Crippen molar-refractivity contribution in [3.63, 3.8) is 0 Å². The molecule has 1 heterocycles. The number of nitrogens with one attached hydrogen (secondary N) is 1. The molecule has 1 N–H and O–H groups in total. The van der Waals surface area contributed by atoms with Crippen LogP contribution in [0.25, 0.3) is 11.1 Å². The lowest BCUT2D eigenvalue weighted by Crippen LogP contribution is -2.30. The largest absolute Gasteiger partial charge is 0.292 e. The maximum Gasteiger partial charge on any atom is 0.107 e. The Kier molecular flexibility index (Phi) is 3.07. The fourth-order valence-corrected chi connectivity index (χ4v) is 2.04. The van der Waals surface area contributed by atoms with E-state index >= 15 is 0 Å². The van der Waals surface area contributed by atoms with Gasteiger partial charge in [0.15, 0.2) is 0 Å². The molecule has 3 heteroatoms. The molecule has 0 fully saturated rings. The Hall–Kier alpha value is -2.13. The Bertz CT molecular complexity index is 531. The monoisotopic (exact) mass is 237 g/mol. The maximum absolute atomic E-state index is 4.12. The van der Waals surface area contributed by atoms with Gasteiger partial charge >= 0.3 is 0 Å². The van der Waals surface area contributed by atoms with E-state index in [1.165, 1.54) is 16.7 Å². The molecule has 1 aliphatic rings. The van der Waals surface area contributed by atoms with Crippen molar-refractivity contribution in [2.24, 2.45) is 4.99 Å². The van der Waals surface area contributed by atoms with Crippen LogP contribution in [0, 0.1) is 0 Å². The number of hydrazine groups is 1. The van der Waals surface area contributed by atoms with Crippen molar-refractivity contribution in [1.82, 2.24) is 10.4 Å². The molecule has 0 atom stereocenters. The van der Waals surface area contributed by atoms with Crippen molar-refractivity contribution in [1.29, 1.82) is 0 Å². The van der Waals surface area contributed by atoms with Gasteiger partial charge in [-0.3, -0.25) is 10.0 Å². The zero-order valence-corrected chi connectivity index (χ0v) is 10.1. The molecule has 0 unspecified atom stereocenters. The van der Waals surface area contributed by atoms with Gasteiger partial charge in [-0.25, -0.2) is 5.43 Å². The number of hydrogen-bond acceptors (Lipinski definition) is 3. The maximum atomic E-state index is 4.12. The number of rotatable bonds is 3. The summed E-state index contributed by atoms with van der Waals surface area (Å²) in [6.45, 7) is 1.53. The predicted molar refractivity (Wildman–Crippen MR) is 73.9 cm³/mol. The molecule has 0 aliphatic carbocycles. The molecule has 0 bridgehead atoms. The first-order valence-electron chi connectivity index (χ1n) is 6.06. The third-order valence-electron chi connectivity index (χ3n) is 3.00. The van der Waals surface area contributed by atoms with E-state index in [0.29, 0.717) is 6.67 Å². The van der Waals surface area contributed by atoms with E-state index in [-0.39, 0.29) is 0 Å². The van der Waals surface area contributed by atoms with Crippen LogP contribution in [0.5, 0.6) is 0 Å². The van der Waals surface area contributed by atoms with Crippen molar-refractivity contribution >= 4 is 6.34 Å². The molecular formula is C15H15N3. The molecule has 1 aliphatic heterocycles. The van der Waals surface area contributed by atoms with E-state index in [9.17, 15) is 0 Å². The first-order chi connectivity index (χ1) is 8.92. The van der Waals surface area contributed by atoms with Crippen LogP contribution >= 0.6 is 0 Å². The van der Waals surface area contributed by atoms with Gasteiger partial charge < -0.3 is 0 Å². The summed E-state index contributed by atoms with van der Waals surface area (Å²) < 4.78 is 0. The summed E-state index contributed by atoms with van der Waals surface area (Å²) in [5.41, 5.74) is 6.94. The second-order valence-corrected chi connectivity index (χ2v) is 4.31. The standard InChI is InChI=1S/C15H15N3/c1-2-4-14(5-3-1)15-8-6-13(7-9-15)10-18-12-16-11-17-18/h1-9,12,17H,10-11H2. The highest BCUT2D eigenvalue weighted by atomic mass is 15.6. The summed E-state index contributed by atoms with van der Waals surface area (Å²) in [6.07, 6.45) is 1.84. The first kappa shape index (κ1) is 11.0. The van der Waals surface area contributed by atoms with E-state index in [1.807, 2.05) is 17.4 Å². The van der Waals surface area contributed by atoms with Gasteiger partial charge in [-0.2, -0.15) is 0 Å². The minimum Gasteiger partial charge on any atom is -0.292 e. The average Bonchev–Trinajstić information content (AvgIpc) is 2.94. The van der Waals surface area contributed by atoms with E-state index in [1.54, 1.807) is 0 Å². The van der Waals surface area contributed by atoms with Gasteiger partial charge in [0.05, 0.1) is 6.54 Å². The fraction of sp³-hybridized carbons (Fsp3) is 0.133. The normalized spacial score (nSPS) is 14.1. The van der Waals surface area contributed by atoms with Crippen molar-refractivity contribution in [2.75, 3.05) is 6.67 Å². The third kappa shape index (κ3) is 2.41. The highest BCUT2D eigenvalue weighted by molar-refractivity contribution is 5.63. The third-order valence-corrected chi connectivity index (χ3v) is 3.00. The topological polar surface area (TPSA) is 27.6 Å². The van der Waals surface area contributed by atoms with Gasteiger partial charge in [-0.1, -0.05) is 54.6 Å². The molecule has 3 nitrogen and oxygen atoms in total. The number of nitrogens with zero attached hydrogens (tertiary/aromatic N) is 2. The Morgan fingerprint density at radius 3 is 2.33 bits per heavy atom. The van der Waals surface area contributed by atoms with Crippen molar-refractivity contribution in [2.45, 2.75) is 6.54 Å². The lowest BCUT2D eigenvalue weighted by molar-refractivity contribution is 0.342. The van der Waals surface area contributed by atoms with Gasteiger partial charge in [-0.05, 0) is 16.7 Å². The molecular weight excluding hydrogens is 222 g/mol. The number of benzene rings is 2.